The molecule has 3 heteroatoms. The molecule has 1 amide bonds. The molecule has 0 aliphatic heterocycles. The third kappa shape index (κ3) is 4.20. The van der Waals surface area contributed by atoms with Crippen molar-refractivity contribution < 1.29 is 4.79 Å². The Morgan fingerprint density at radius 2 is 2.07 bits per heavy atom. The van der Waals surface area contributed by atoms with Crippen LogP contribution in [0.25, 0.3) is 0 Å². The van der Waals surface area contributed by atoms with Gasteiger partial charge in [0.1, 0.15) is 0 Å². The van der Waals surface area contributed by atoms with Gasteiger partial charge in [0.2, 0.25) is 5.91 Å². The van der Waals surface area contributed by atoms with E-state index in [1.54, 1.807) is 0 Å². The first-order valence-corrected chi connectivity index (χ1v) is 6.07. The highest BCUT2D eigenvalue weighted by molar-refractivity contribution is 5.76. The van der Waals surface area contributed by atoms with Gasteiger partial charge in [0, 0.05) is 12.0 Å². The van der Waals surface area contributed by atoms with E-state index in [0.717, 1.165) is 25.2 Å². The summed E-state index contributed by atoms with van der Waals surface area (Å²) in [5.74, 6) is 0.983. The number of carbonyl (C=O) groups is 1. The molecule has 0 spiro atoms. The van der Waals surface area contributed by atoms with Gasteiger partial charge >= 0.3 is 0 Å². The number of hydrogen-bond donors (Lipinski definition) is 2. The fraction of sp³-hybridized carbons (Fsp3) is 0.917. The predicted molar refractivity (Wildman–Crippen MR) is 62.5 cm³/mol. The monoisotopic (exact) mass is 212 g/mol. The van der Waals surface area contributed by atoms with Gasteiger partial charge in [0.15, 0.2) is 0 Å². The van der Waals surface area contributed by atoms with Gasteiger partial charge in [-0.05, 0) is 51.5 Å². The molecule has 3 N–H and O–H groups in total. The quantitative estimate of drug-likeness (QED) is 0.746. The molecule has 0 bridgehead atoms. The summed E-state index contributed by atoms with van der Waals surface area (Å²) < 4.78 is 0. The lowest BCUT2D eigenvalue weighted by atomic mass is 9.78. The van der Waals surface area contributed by atoms with Crippen molar-refractivity contribution in [3.8, 4) is 0 Å². The maximum atomic E-state index is 11.6. The highest BCUT2D eigenvalue weighted by Crippen LogP contribution is 2.31. The molecule has 0 atom stereocenters. The summed E-state index contributed by atoms with van der Waals surface area (Å²) in [6, 6.07) is 0. The van der Waals surface area contributed by atoms with Crippen LogP contribution in [0, 0.1) is 5.92 Å². The minimum Gasteiger partial charge on any atom is -0.351 e. The Morgan fingerprint density at radius 3 is 2.60 bits per heavy atom. The third-order valence-electron chi connectivity index (χ3n) is 3.43. The van der Waals surface area contributed by atoms with E-state index >= 15 is 0 Å². The van der Waals surface area contributed by atoms with Crippen LogP contribution in [-0.4, -0.2) is 18.0 Å². The van der Waals surface area contributed by atoms with Crippen molar-refractivity contribution in [1.82, 2.24) is 5.32 Å². The maximum Gasteiger partial charge on any atom is 0.220 e. The van der Waals surface area contributed by atoms with Crippen LogP contribution >= 0.6 is 0 Å². The zero-order chi connectivity index (χ0) is 11.3. The summed E-state index contributed by atoms with van der Waals surface area (Å²) in [6.07, 6.45) is 6.05. The van der Waals surface area contributed by atoms with Gasteiger partial charge in [-0.25, -0.2) is 0 Å². The van der Waals surface area contributed by atoms with E-state index in [4.69, 9.17) is 5.73 Å². The number of carbonyl (C=O) groups excluding carboxylic acids is 1. The molecule has 0 aromatic rings. The Kier molecular flexibility index (Phi) is 4.58. The topological polar surface area (TPSA) is 55.1 Å². The zero-order valence-electron chi connectivity index (χ0n) is 10.0. The fourth-order valence-electron chi connectivity index (χ4n) is 2.19. The maximum absolute atomic E-state index is 11.6. The summed E-state index contributed by atoms with van der Waals surface area (Å²) >= 11 is 0. The van der Waals surface area contributed by atoms with Gasteiger partial charge in [-0.3, -0.25) is 4.79 Å². The normalized spacial score (nSPS) is 31.3. The first-order valence-electron chi connectivity index (χ1n) is 6.07. The molecule has 1 aliphatic carbocycles. The van der Waals surface area contributed by atoms with E-state index in [0.29, 0.717) is 13.0 Å². The van der Waals surface area contributed by atoms with E-state index in [1.165, 1.54) is 12.8 Å². The van der Waals surface area contributed by atoms with Crippen molar-refractivity contribution in [2.24, 2.45) is 11.7 Å². The van der Waals surface area contributed by atoms with Crippen LogP contribution in [0.15, 0.2) is 0 Å². The Hall–Kier alpha value is -0.570. The molecular formula is C12H24N2O. The second kappa shape index (κ2) is 5.50. The molecule has 1 aliphatic rings. The average molecular weight is 212 g/mol. The largest absolute Gasteiger partial charge is 0.351 e. The van der Waals surface area contributed by atoms with Crippen molar-refractivity contribution in [2.75, 3.05) is 6.54 Å². The van der Waals surface area contributed by atoms with Gasteiger partial charge in [-0.15, -0.1) is 0 Å². The van der Waals surface area contributed by atoms with Gasteiger partial charge in [-0.2, -0.15) is 0 Å². The van der Waals surface area contributed by atoms with Crippen LogP contribution in [0.3, 0.4) is 0 Å². The Balaban J connectivity index is 2.32. The lowest BCUT2D eigenvalue weighted by Crippen LogP contribution is -2.48. The first-order chi connectivity index (χ1) is 7.06. The number of amides is 1. The van der Waals surface area contributed by atoms with Crippen LogP contribution in [0.4, 0.5) is 0 Å². The predicted octanol–water partition coefficient (Wildman–Crippen LogP) is 1.81. The van der Waals surface area contributed by atoms with Crippen LogP contribution < -0.4 is 11.1 Å². The molecule has 88 valence electrons. The van der Waals surface area contributed by atoms with Crippen LogP contribution in [0.5, 0.6) is 0 Å². The number of hydrogen-bond acceptors (Lipinski definition) is 2. The molecule has 0 radical (unpaired) electrons. The summed E-state index contributed by atoms with van der Waals surface area (Å²) in [4.78, 5) is 11.6. The second-order valence-corrected chi connectivity index (χ2v) is 5.18. The first kappa shape index (κ1) is 12.5. The van der Waals surface area contributed by atoms with Crippen molar-refractivity contribution in [2.45, 2.75) is 57.9 Å². The van der Waals surface area contributed by atoms with Gasteiger partial charge in [0.05, 0.1) is 0 Å². The van der Waals surface area contributed by atoms with E-state index in [1.807, 2.05) is 0 Å². The lowest BCUT2D eigenvalue weighted by molar-refractivity contribution is -0.123. The number of nitrogens with two attached hydrogens (primary N) is 1. The van der Waals surface area contributed by atoms with E-state index in [-0.39, 0.29) is 11.4 Å². The minimum atomic E-state index is 0.0399. The van der Waals surface area contributed by atoms with Gasteiger partial charge < -0.3 is 11.1 Å². The van der Waals surface area contributed by atoms with Gasteiger partial charge in [-0.1, -0.05) is 6.92 Å². The molecule has 0 saturated heterocycles. The SMILES string of the molecule is CC1CCC(C)(NC(=O)CCCN)CC1. The molecule has 3 nitrogen and oxygen atoms in total. The van der Waals surface area contributed by atoms with Crippen LogP contribution in [0.2, 0.25) is 0 Å². The molecular weight excluding hydrogens is 188 g/mol. The molecule has 0 heterocycles. The Bertz CT molecular complexity index is 208. The summed E-state index contributed by atoms with van der Waals surface area (Å²) in [5.41, 5.74) is 5.42. The van der Waals surface area contributed by atoms with Crippen LogP contribution in [-0.2, 0) is 4.79 Å². The summed E-state index contributed by atoms with van der Waals surface area (Å²) in [5, 5.41) is 3.16. The molecule has 15 heavy (non-hydrogen) atoms. The van der Waals surface area contributed by atoms with Crippen molar-refractivity contribution >= 4 is 5.91 Å². The van der Waals surface area contributed by atoms with Crippen molar-refractivity contribution in [3.05, 3.63) is 0 Å². The van der Waals surface area contributed by atoms with Crippen molar-refractivity contribution in [1.29, 1.82) is 0 Å². The van der Waals surface area contributed by atoms with Crippen molar-refractivity contribution in [3.63, 3.8) is 0 Å². The molecule has 0 unspecified atom stereocenters. The third-order valence-corrected chi connectivity index (χ3v) is 3.43. The molecule has 0 aromatic carbocycles. The van der Waals surface area contributed by atoms with E-state index in [9.17, 15) is 4.79 Å². The van der Waals surface area contributed by atoms with Crippen LogP contribution in [0.1, 0.15) is 52.4 Å². The minimum absolute atomic E-state index is 0.0399. The fourth-order valence-corrected chi connectivity index (χ4v) is 2.19. The number of rotatable bonds is 4. The molecule has 1 fully saturated rings. The lowest BCUT2D eigenvalue weighted by Gasteiger charge is -2.37. The average Bonchev–Trinajstić information content (AvgIpc) is 2.20. The Morgan fingerprint density at radius 1 is 1.47 bits per heavy atom. The number of nitrogens with one attached hydrogen (secondary N) is 1. The highest BCUT2D eigenvalue weighted by atomic mass is 16.1. The summed E-state index contributed by atoms with van der Waals surface area (Å²) in [7, 11) is 0. The molecule has 1 rings (SSSR count). The highest BCUT2D eigenvalue weighted by Gasteiger charge is 2.30. The molecule has 1 saturated carbocycles. The standard InChI is InChI=1S/C12H24N2O/c1-10-5-7-12(2,8-6-10)14-11(15)4-3-9-13/h10H,3-9,13H2,1-2H3,(H,14,15). The Labute approximate surface area is 92.8 Å². The summed E-state index contributed by atoms with van der Waals surface area (Å²) in [6.45, 7) is 5.05. The second-order valence-electron chi connectivity index (χ2n) is 5.18. The molecule has 0 aromatic heterocycles. The zero-order valence-corrected chi connectivity index (χ0v) is 10.0. The van der Waals surface area contributed by atoms with Gasteiger partial charge in [0.25, 0.3) is 0 Å². The smallest absolute Gasteiger partial charge is 0.220 e. The van der Waals surface area contributed by atoms with E-state index in [2.05, 4.69) is 19.2 Å². The van der Waals surface area contributed by atoms with E-state index < -0.39 is 0 Å².